The highest BCUT2D eigenvalue weighted by Crippen LogP contribution is 2.20. The maximum absolute atomic E-state index is 13.7. The lowest BCUT2D eigenvalue weighted by Gasteiger charge is -2.29. The Kier molecular flexibility index (Phi) is 21.4. The molecule has 17 N–H and O–H groups in total. The summed E-state index contributed by atoms with van der Waals surface area (Å²) in [7, 11) is 0. The van der Waals surface area contributed by atoms with Crippen molar-refractivity contribution in [2.45, 2.75) is 127 Å². The van der Waals surface area contributed by atoms with Gasteiger partial charge in [0.05, 0.1) is 12.5 Å². The third-order valence-corrected chi connectivity index (χ3v) is 9.82. The number of guanidine groups is 1. The lowest BCUT2D eigenvalue weighted by atomic mass is 10.0. The number of carbonyl (C=O) groups is 8. The van der Waals surface area contributed by atoms with E-state index in [4.69, 9.17) is 28.7 Å². The molecule has 1 fully saturated rings. The van der Waals surface area contributed by atoms with Crippen molar-refractivity contribution >= 4 is 53.3 Å². The molecule has 1 aliphatic heterocycles. The number of unbranched alkanes of at least 4 members (excludes halogenated alkanes) is 1. The Balaban J connectivity index is 2.18. The number of benzene rings is 1. The Morgan fingerprint density at radius 3 is 1.95 bits per heavy atom. The van der Waals surface area contributed by atoms with E-state index in [0.717, 1.165) is 5.56 Å². The number of nitrogens with two attached hydrogens (primary N) is 5. The summed E-state index contributed by atoms with van der Waals surface area (Å²) in [5.41, 5.74) is 28.5. The number of nitrogens with zero attached hydrogens (tertiary/aromatic N) is 2. The number of carboxylic acid groups (broad SMARTS) is 1. The summed E-state index contributed by atoms with van der Waals surface area (Å²) in [4.78, 5) is 110. The average molecular weight is 861 g/mol. The van der Waals surface area contributed by atoms with Crippen LogP contribution < -0.4 is 55.3 Å². The molecule has 340 valence electrons. The standard InChI is InChI=1S/C39H64N12O10/c1-21(2)18-28(35(57)47-27(9-6-16-45-39(43)44)34(56)50-29(38(60)61)20-31(42)53)49-32(54)22(3)46-33(55)26(8-4-5-15-40)48-36(58)30-10-7-17-51(30)37(59)25(41)19-23-11-13-24(52)14-12-23/h11-14,21-22,25-30,52H,4-10,15-20,40-41H2,1-3H3,(H2,42,53)(H,46,55)(H,47,57)(H,48,58)(H,49,54)(H,50,56)(H,60,61)(H4,43,44,45)/t22-,25-,26-,27-,28-,29-,30-/m0/s1. The van der Waals surface area contributed by atoms with Gasteiger partial charge in [-0.15, -0.1) is 0 Å². The Labute approximate surface area is 354 Å². The van der Waals surface area contributed by atoms with Gasteiger partial charge in [-0.25, -0.2) is 4.79 Å². The van der Waals surface area contributed by atoms with Crippen molar-refractivity contribution in [1.82, 2.24) is 31.5 Å². The van der Waals surface area contributed by atoms with E-state index < -0.39 is 96.0 Å². The van der Waals surface area contributed by atoms with Gasteiger partial charge in [-0.05, 0) is 94.9 Å². The van der Waals surface area contributed by atoms with E-state index in [-0.39, 0.29) is 62.8 Å². The number of aliphatic carboxylic acids is 1. The topological polar surface area (TPSA) is 383 Å². The van der Waals surface area contributed by atoms with Gasteiger partial charge in [0.25, 0.3) is 0 Å². The van der Waals surface area contributed by atoms with E-state index in [1.807, 2.05) is 0 Å². The smallest absolute Gasteiger partial charge is 0.326 e. The van der Waals surface area contributed by atoms with Crippen molar-refractivity contribution in [3.63, 3.8) is 0 Å². The van der Waals surface area contributed by atoms with Crippen molar-refractivity contribution in [1.29, 1.82) is 0 Å². The molecular weight excluding hydrogens is 797 g/mol. The molecule has 22 nitrogen and oxygen atoms in total. The number of carboxylic acids is 1. The summed E-state index contributed by atoms with van der Waals surface area (Å²) in [6, 6.07) is -2.19. The number of aromatic hydroxyl groups is 1. The highest BCUT2D eigenvalue weighted by atomic mass is 16.4. The molecule has 0 saturated carbocycles. The Morgan fingerprint density at radius 2 is 1.36 bits per heavy atom. The van der Waals surface area contributed by atoms with Gasteiger partial charge in [-0.1, -0.05) is 26.0 Å². The number of nitrogens with one attached hydrogen (secondary N) is 5. The summed E-state index contributed by atoms with van der Waals surface area (Å²) in [5, 5.41) is 31.8. The van der Waals surface area contributed by atoms with Gasteiger partial charge in [0.2, 0.25) is 41.4 Å². The van der Waals surface area contributed by atoms with Crippen molar-refractivity contribution < 1.29 is 48.6 Å². The van der Waals surface area contributed by atoms with Gasteiger partial charge in [0.15, 0.2) is 5.96 Å². The molecule has 0 bridgehead atoms. The summed E-state index contributed by atoms with van der Waals surface area (Å²) < 4.78 is 0. The van der Waals surface area contributed by atoms with Crippen molar-refractivity contribution in [3.05, 3.63) is 29.8 Å². The van der Waals surface area contributed by atoms with Crippen LogP contribution in [0, 0.1) is 5.92 Å². The first kappa shape index (κ1) is 51.1. The minimum Gasteiger partial charge on any atom is -0.508 e. The van der Waals surface area contributed by atoms with Crippen LogP contribution >= 0.6 is 0 Å². The fourth-order valence-corrected chi connectivity index (χ4v) is 6.62. The molecule has 0 aliphatic carbocycles. The monoisotopic (exact) mass is 860 g/mol. The molecule has 7 atom stereocenters. The van der Waals surface area contributed by atoms with E-state index in [1.54, 1.807) is 26.0 Å². The van der Waals surface area contributed by atoms with Crippen LogP contribution in [0.5, 0.6) is 5.75 Å². The molecule has 0 aromatic heterocycles. The number of aliphatic imine (C=N–C) groups is 1. The molecule has 1 aromatic carbocycles. The molecule has 1 saturated heterocycles. The van der Waals surface area contributed by atoms with Crippen molar-refractivity contribution in [2.75, 3.05) is 19.6 Å². The van der Waals surface area contributed by atoms with E-state index in [0.29, 0.717) is 32.2 Å². The number of hydrogen-bond donors (Lipinski definition) is 12. The van der Waals surface area contributed by atoms with Gasteiger partial charge in [0, 0.05) is 13.1 Å². The number of primary amides is 1. The van der Waals surface area contributed by atoms with Crippen LogP contribution in [0.1, 0.15) is 84.1 Å². The summed E-state index contributed by atoms with van der Waals surface area (Å²) in [6.07, 6.45) is 1.68. The third-order valence-electron chi connectivity index (χ3n) is 9.82. The maximum Gasteiger partial charge on any atom is 0.326 e. The lowest BCUT2D eigenvalue weighted by molar-refractivity contribution is -0.143. The minimum absolute atomic E-state index is 0.0654. The molecule has 1 aliphatic rings. The Morgan fingerprint density at radius 1 is 0.787 bits per heavy atom. The first-order chi connectivity index (χ1) is 28.7. The number of rotatable bonds is 26. The molecule has 0 unspecified atom stereocenters. The second kappa shape index (κ2) is 25.6. The quantitative estimate of drug-likeness (QED) is 0.0249. The van der Waals surface area contributed by atoms with Crippen LogP contribution in [0.25, 0.3) is 0 Å². The summed E-state index contributed by atoms with van der Waals surface area (Å²) in [6.45, 7) is 5.64. The number of likely N-dealkylation sites (tertiary alicyclic amines) is 1. The zero-order valence-corrected chi connectivity index (χ0v) is 35.1. The second-order valence-corrected chi connectivity index (χ2v) is 15.5. The van der Waals surface area contributed by atoms with E-state index in [2.05, 4.69) is 31.6 Å². The molecular formula is C39H64N12O10. The van der Waals surface area contributed by atoms with Crippen LogP contribution in [0.4, 0.5) is 0 Å². The zero-order valence-electron chi connectivity index (χ0n) is 35.1. The molecule has 0 radical (unpaired) electrons. The molecule has 1 aromatic rings. The number of phenols is 1. The highest BCUT2D eigenvalue weighted by Gasteiger charge is 2.38. The lowest BCUT2D eigenvalue weighted by Crippen LogP contribution is -2.59. The van der Waals surface area contributed by atoms with Crippen molar-refractivity contribution in [2.24, 2.45) is 39.6 Å². The van der Waals surface area contributed by atoms with Crippen LogP contribution in [0.3, 0.4) is 0 Å². The fourth-order valence-electron chi connectivity index (χ4n) is 6.62. The first-order valence-electron chi connectivity index (χ1n) is 20.4. The molecule has 2 rings (SSSR count). The zero-order chi connectivity index (χ0) is 45.8. The summed E-state index contributed by atoms with van der Waals surface area (Å²) in [5.74, 6) is -7.01. The number of hydrogen-bond acceptors (Lipinski definition) is 12. The Hall–Kier alpha value is -6.03. The molecule has 0 spiro atoms. The normalized spacial score (nSPS) is 16.5. The predicted octanol–water partition coefficient (Wildman–Crippen LogP) is -3.11. The SMILES string of the molecule is CC(C)C[C@H](NC(=O)[C@H](C)NC(=O)[C@H](CCCCN)NC(=O)[C@@H]1CCCN1C(=O)[C@@H](N)Cc1ccc(O)cc1)C(=O)N[C@@H](CCCN=C(N)N)C(=O)N[C@@H](CC(N)=O)C(=O)O. The fraction of sp³-hybridized carbons (Fsp3) is 0.615. The average Bonchev–Trinajstić information content (AvgIpc) is 3.68. The molecule has 7 amide bonds. The Bertz CT molecular complexity index is 1710. The molecule has 22 heteroatoms. The van der Waals surface area contributed by atoms with Crippen LogP contribution in [0.15, 0.2) is 29.3 Å². The van der Waals surface area contributed by atoms with E-state index in [1.165, 1.54) is 24.0 Å². The van der Waals surface area contributed by atoms with Crippen molar-refractivity contribution in [3.8, 4) is 5.75 Å². The van der Waals surface area contributed by atoms with Gasteiger partial charge >= 0.3 is 5.97 Å². The largest absolute Gasteiger partial charge is 0.508 e. The highest BCUT2D eigenvalue weighted by molar-refractivity contribution is 5.97. The number of phenolic OH excluding ortho intramolecular Hbond substituents is 1. The van der Waals surface area contributed by atoms with Gasteiger partial charge in [0.1, 0.15) is 42.0 Å². The minimum atomic E-state index is -1.68. The summed E-state index contributed by atoms with van der Waals surface area (Å²) >= 11 is 0. The number of carbonyl (C=O) groups excluding carboxylic acids is 7. The maximum atomic E-state index is 13.7. The molecule has 1 heterocycles. The van der Waals surface area contributed by atoms with Crippen LogP contribution in [-0.2, 0) is 44.8 Å². The predicted molar refractivity (Wildman–Crippen MR) is 224 cm³/mol. The van der Waals surface area contributed by atoms with Gasteiger partial charge < -0.3 is 70.4 Å². The first-order valence-corrected chi connectivity index (χ1v) is 20.4. The van der Waals surface area contributed by atoms with E-state index >= 15 is 0 Å². The van der Waals surface area contributed by atoms with Crippen LogP contribution in [0.2, 0.25) is 0 Å². The molecule has 61 heavy (non-hydrogen) atoms. The van der Waals surface area contributed by atoms with E-state index in [9.17, 15) is 48.6 Å². The van der Waals surface area contributed by atoms with Gasteiger partial charge in [-0.3, -0.25) is 38.6 Å². The number of amides is 7. The van der Waals surface area contributed by atoms with Crippen LogP contribution in [-0.4, -0.2) is 130 Å². The third kappa shape index (κ3) is 18.0. The second-order valence-electron chi connectivity index (χ2n) is 15.5. The van der Waals surface area contributed by atoms with Gasteiger partial charge in [-0.2, -0.15) is 0 Å².